The van der Waals surface area contributed by atoms with E-state index in [1.165, 1.54) is 32.1 Å². The number of hydrogen-bond donors (Lipinski definition) is 1. The van der Waals surface area contributed by atoms with E-state index in [2.05, 4.69) is 4.90 Å². The number of nitrogens with zero attached hydrogens (tertiary/aromatic N) is 1. The second-order valence-corrected chi connectivity index (χ2v) is 5.18. The summed E-state index contributed by atoms with van der Waals surface area (Å²) in [5, 5.41) is 9.01. The minimum atomic E-state index is 0.350. The van der Waals surface area contributed by atoms with Crippen LogP contribution < -0.4 is 0 Å². The van der Waals surface area contributed by atoms with Crippen molar-refractivity contribution >= 4 is 0 Å². The lowest BCUT2D eigenvalue weighted by Crippen LogP contribution is -2.58. The molecule has 2 nitrogen and oxygen atoms in total. The maximum Gasteiger partial charge on any atom is 0.0558 e. The monoisotopic (exact) mass is 181 g/mol. The molecule has 1 N–H and O–H groups in total. The van der Waals surface area contributed by atoms with Gasteiger partial charge in [0.25, 0.3) is 0 Å². The summed E-state index contributed by atoms with van der Waals surface area (Å²) in [5.74, 6) is 2.08. The van der Waals surface area contributed by atoms with Crippen molar-refractivity contribution in [3.8, 4) is 0 Å². The van der Waals surface area contributed by atoms with Gasteiger partial charge in [-0.2, -0.15) is 0 Å². The normalized spacial score (nSPS) is 48.7. The smallest absolute Gasteiger partial charge is 0.0558 e. The molecule has 2 aliphatic heterocycles. The van der Waals surface area contributed by atoms with Crippen molar-refractivity contribution in [3.05, 3.63) is 0 Å². The Hall–Kier alpha value is -0.0800. The Morgan fingerprint density at radius 2 is 1.46 bits per heavy atom. The number of piperidine rings is 2. The molecule has 0 aromatic carbocycles. The number of aliphatic hydroxyl groups excluding tert-OH is 1. The van der Waals surface area contributed by atoms with Crippen LogP contribution in [0, 0.1) is 11.8 Å². The predicted octanol–water partition coefficient (Wildman–Crippen LogP) is 1.24. The zero-order valence-corrected chi connectivity index (χ0v) is 8.15. The van der Waals surface area contributed by atoms with Gasteiger partial charge in [-0.1, -0.05) is 0 Å². The molecular formula is C11H19NO. The van der Waals surface area contributed by atoms with Gasteiger partial charge in [-0.3, -0.25) is 4.90 Å². The van der Waals surface area contributed by atoms with Gasteiger partial charge in [-0.25, -0.2) is 0 Å². The third kappa shape index (κ3) is 1.23. The van der Waals surface area contributed by atoms with Crippen LogP contribution in [0.3, 0.4) is 0 Å². The molecule has 2 heteroatoms. The van der Waals surface area contributed by atoms with Crippen LogP contribution in [0.2, 0.25) is 0 Å². The molecule has 2 saturated heterocycles. The van der Waals surface area contributed by atoms with Crippen LogP contribution in [0.25, 0.3) is 0 Å². The van der Waals surface area contributed by atoms with E-state index in [1.807, 2.05) is 0 Å². The second kappa shape index (κ2) is 2.96. The van der Waals surface area contributed by atoms with Gasteiger partial charge in [-0.05, 0) is 43.9 Å². The van der Waals surface area contributed by atoms with Crippen LogP contribution in [0.5, 0.6) is 0 Å². The molecule has 2 aliphatic carbocycles. The van der Waals surface area contributed by atoms with Crippen LogP contribution in [0.4, 0.5) is 0 Å². The third-order valence-electron chi connectivity index (χ3n) is 4.38. The molecule has 4 fully saturated rings. The molecule has 4 aliphatic rings. The minimum absolute atomic E-state index is 0.350. The zero-order valence-electron chi connectivity index (χ0n) is 8.15. The van der Waals surface area contributed by atoms with Crippen molar-refractivity contribution in [2.75, 3.05) is 13.2 Å². The molecule has 4 bridgehead atoms. The highest BCUT2D eigenvalue weighted by Gasteiger charge is 2.46. The number of hydrogen-bond acceptors (Lipinski definition) is 2. The first kappa shape index (κ1) is 8.25. The summed E-state index contributed by atoms with van der Waals surface area (Å²) in [5.41, 5.74) is 0. The Morgan fingerprint density at radius 1 is 0.923 bits per heavy atom. The summed E-state index contributed by atoms with van der Waals surface area (Å²) in [4.78, 5) is 2.59. The van der Waals surface area contributed by atoms with E-state index in [1.54, 1.807) is 0 Å². The van der Waals surface area contributed by atoms with Gasteiger partial charge in [0.2, 0.25) is 0 Å². The molecule has 74 valence electrons. The SMILES string of the molecule is OCCN1C2CC3CC(C2)CC1C3. The van der Waals surface area contributed by atoms with Crippen LogP contribution in [0.15, 0.2) is 0 Å². The summed E-state index contributed by atoms with van der Waals surface area (Å²) in [6.45, 7) is 1.27. The maximum absolute atomic E-state index is 9.01. The highest BCUT2D eigenvalue weighted by Crippen LogP contribution is 2.48. The van der Waals surface area contributed by atoms with Gasteiger partial charge < -0.3 is 5.11 Å². The van der Waals surface area contributed by atoms with Crippen LogP contribution >= 0.6 is 0 Å². The van der Waals surface area contributed by atoms with E-state index in [4.69, 9.17) is 5.11 Å². The fourth-order valence-electron chi connectivity index (χ4n) is 4.10. The van der Waals surface area contributed by atoms with Crippen LogP contribution in [-0.4, -0.2) is 35.2 Å². The van der Waals surface area contributed by atoms with E-state index in [-0.39, 0.29) is 0 Å². The van der Waals surface area contributed by atoms with Crippen molar-refractivity contribution in [2.24, 2.45) is 11.8 Å². The molecule has 2 saturated carbocycles. The first-order valence-corrected chi connectivity index (χ1v) is 5.73. The van der Waals surface area contributed by atoms with Crippen LogP contribution in [0.1, 0.15) is 32.1 Å². The first-order chi connectivity index (χ1) is 6.36. The van der Waals surface area contributed by atoms with E-state index in [9.17, 15) is 0 Å². The summed E-state index contributed by atoms with van der Waals surface area (Å²) in [6.07, 6.45) is 7.21. The Kier molecular flexibility index (Phi) is 1.88. The lowest BCUT2D eigenvalue weighted by molar-refractivity contribution is -0.0641. The Labute approximate surface area is 79.9 Å². The Balaban J connectivity index is 1.77. The first-order valence-electron chi connectivity index (χ1n) is 5.73. The molecule has 0 amide bonds. The van der Waals surface area contributed by atoms with Gasteiger partial charge in [0, 0.05) is 18.6 Å². The van der Waals surface area contributed by atoms with Crippen molar-refractivity contribution in [2.45, 2.75) is 44.2 Å². The third-order valence-corrected chi connectivity index (χ3v) is 4.38. The van der Waals surface area contributed by atoms with Gasteiger partial charge in [-0.15, -0.1) is 0 Å². The highest BCUT2D eigenvalue weighted by atomic mass is 16.3. The lowest BCUT2D eigenvalue weighted by Gasteiger charge is -2.56. The van der Waals surface area contributed by atoms with Crippen molar-refractivity contribution in [1.82, 2.24) is 4.90 Å². The van der Waals surface area contributed by atoms with E-state index in [0.717, 1.165) is 30.5 Å². The molecule has 0 radical (unpaired) electrons. The molecule has 2 heterocycles. The summed E-state index contributed by atoms with van der Waals surface area (Å²) >= 11 is 0. The number of rotatable bonds is 2. The molecule has 0 aromatic rings. The summed E-state index contributed by atoms with van der Waals surface area (Å²) < 4.78 is 0. The molecule has 0 unspecified atom stereocenters. The average Bonchev–Trinajstić information content (AvgIpc) is 2.10. The highest BCUT2D eigenvalue weighted by molar-refractivity contribution is 5.00. The van der Waals surface area contributed by atoms with Gasteiger partial charge in [0.15, 0.2) is 0 Å². The standard InChI is InChI=1S/C11H19NO/c13-2-1-12-10-4-8-3-9(6-10)7-11(12)5-8/h8-11,13H,1-7H2. The average molecular weight is 181 g/mol. The quantitative estimate of drug-likeness (QED) is 0.693. The second-order valence-electron chi connectivity index (χ2n) is 5.18. The largest absolute Gasteiger partial charge is 0.395 e. The van der Waals surface area contributed by atoms with Gasteiger partial charge >= 0.3 is 0 Å². The fourth-order valence-corrected chi connectivity index (χ4v) is 4.10. The topological polar surface area (TPSA) is 23.5 Å². The zero-order chi connectivity index (χ0) is 8.84. The number of aliphatic hydroxyl groups is 1. The van der Waals surface area contributed by atoms with E-state index in [0.29, 0.717) is 6.61 Å². The van der Waals surface area contributed by atoms with Crippen molar-refractivity contribution in [1.29, 1.82) is 0 Å². The molecule has 13 heavy (non-hydrogen) atoms. The summed E-state index contributed by atoms with van der Waals surface area (Å²) in [7, 11) is 0. The lowest BCUT2D eigenvalue weighted by atomic mass is 9.63. The van der Waals surface area contributed by atoms with Gasteiger partial charge in [0.05, 0.1) is 6.61 Å². The van der Waals surface area contributed by atoms with E-state index >= 15 is 0 Å². The van der Waals surface area contributed by atoms with Gasteiger partial charge in [0.1, 0.15) is 0 Å². The summed E-state index contributed by atoms with van der Waals surface area (Å²) in [6, 6.07) is 1.67. The molecule has 0 aromatic heterocycles. The van der Waals surface area contributed by atoms with Crippen molar-refractivity contribution < 1.29 is 5.11 Å². The molecular weight excluding hydrogens is 162 g/mol. The Morgan fingerprint density at radius 3 is 1.92 bits per heavy atom. The maximum atomic E-state index is 9.01. The molecule has 4 rings (SSSR count). The van der Waals surface area contributed by atoms with Crippen molar-refractivity contribution in [3.63, 3.8) is 0 Å². The van der Waals surface area contributed by atoms with Crippen LogP contribution in [-0.2, 0) is 0 Å². The fraction of sp³-hybridized carbons (Fsp3) is 1.00. The van der Waals surface area contributed by atoms with E-state index < -0.39 is 0 Å². The molecule has 0 spiro atoms. The molecule has 0 atom stereocenters. The predicted molar refractivity (Wildman–Crippen MR) is 51.4 cm³/mol. The minimum Gasteiger partial charge on any atom is -0.395 e. The Bertz CT molecular complexity index is 176.